The molecule has 0 aromatic heterocycles. The number of rotatable bonds is 3. The third kappa shape index (κ3) is 2.10. The Labute approximate surface area is 111 Å². The van der Waals surface area contributed by atoms with Gasteiger partial charge in [0.25, 0.3) is 0 Å². The summed E-state index contributed by atoms with van der Waals surface area (Å²) in [5.74, 6) is 6.64. The number of nitrogens with two attached hydrogens (primary N) is 1. The highest BCUT2D eigenvalue weighted by molar-refractivity contribution is 5.01. The summed E-state index contributed by atoms with van der Waals surface area (Å²) >= 11 is 0. The van der Waals surface area contributed by atoms with Crippen LogP contribution in [-0.4, -0.2) is 18.2 Å². The van der Waals surface area contributed by atoms with Crippen LogP contribution >= 0.6 is 0 Å². The van der Waals surface area contributed by atoms with Gasteiger partial charge in [0.2, 0.25) is 0 Å². The van der Waals surface area contributed by atoms with Crippen LogP contribution in [0.2, 0.25) is 0 Å². The molecular weight excluding hydrogens is 224 g/mol. The van der Waals surface area contributed by atoms with Crippen molar-refractivity contribution in [2.45, 2.75) is 76.4 Å². The molecule has 18 heavy (non-hydrogen) atoms. The van der Waals surface area contributed by atoms with Crippen LogP contribution in [0.3, 0.4) is 0 Å². The smallest absolute Gasteiger partial charge is 0.0685 e. The molecule has 1 aliphatic heterocycles. The fourth-order valence-corrected chi connectivity index (χ4v) is 4.67. The molecule has 3 aliphatic rings. The van der Waals surface area contributed by atoms with Gasteiger partial charge in [-0.2, -0.15) is 0 Å². The summed E-state index contributed by atoms with van der Waals surface area (Å²) < 4.78 is 6.05. The normalized spacial score (nSPS) is 35.3. The van der Waals surface area contributed by atoms with E-state index in [-0.39, 0.29) is 5.60 Å². The predicted molar refractivity (Wildman–Crippen MR) is 72.9 cm³/mol. The van der Waals surface area contributed by atoms with Crippen LogP contribution in [0, 0.1) is 11.3 Å². The molecule has 3 N–H and O–H groups in total. The Morgan fingerprint density at radius 2 is 1.89 bits per heavy atom. The molecule has 3 fully saturated rings. The molecular formula is C15H28N2O. The van der Waals surface area contributed by atoms with Gasteiger partial charge in [0.05, 0.1) is 5.60 Å². The van der Waals surface area contributed by atoms with Gasteiger partial charge in [0, 0.05) is 12.6 Å². The summed E-state index contributed by atoms with van der Waals surface area (Å²) in [4.78, 5) is 0. The zero-order valence-corrected chi connectivity index (χ0v) is 11.7. The van der Waals surface area contributed by atoms with Gasteiger partial charge < -0.3 is 4.74 Å². The highest BCUT2D eigenvalue weighted by Crippen LogP contribution is 2.49. The molecule has 0 radical (unpaired) electrons. The Morgan fingerprint density at radius 3 is 2.44 bits per heavy atom. The summed E-state index contributed by atoms with van der Waals surface area (Å²) in [6, 6.07) is 0.487. The highest BCUT2D eigenvalue weighted by Gasteiger charge is 2.48. The SMILES string of the molecule is CC1(C(NN)C2CCOC3(CCC3)C2)CCCC1. The second kappa shape index (κ2) is 4.77. The van der Waals surface area contributed by atoms with Crippen molar-refractivity contribution in [1.82, 2.24) is 5.43 Å². The molecule has 2 unspecified atom stereocenters. The van der Waals surface area contributed by atoms with Gasteiger partial charge in [-0.05, 0) is 56.3 Å². The largest absolute Gasteiger partial charge is 0.375 e. The molecule has 0 aromatic carbocycles. The van der Waals surface area contributed by atoms with Crippen molar-refractivity contribution in [3.8, 4) is 0 Å². The first-order chi connectivity index (χ1) is 8.68. The molecule has 0 aromatic rings. The monoisotopic (exact) mass is 252 g/mol. The van der Waals surface area contributed by atoms with E-state index < -0.39 is 0 Å². The van der Waals surface area contributed by atoms with Crippen LogP contribution in [0.25, 0.3) is 0 Å². The van der Waals surface area contributed by atoms with Gasteiger partial charge in [0.1, 0.15) is 0 Å². The topological polar surface area (TPSA) is 47.3 Å². The molecule has 3 rings (SSSR count). The number of nitrogens with one attached hydrogen (secondary N) is 1. The van der Waals surface area contributed by atoms with Crippen molar-refractivity contribution in [2.75, 3.05) is 6.61 Å². The predicted octanol–water partition coefficient (Wildman–Crippen LogP) is 2.75. The van der Waals surface area contributed by atoms with Crippen LogP contribution < -0.4 is 11.3 Å². The van der Waals surface area contributed by atoms with E-state index in [0.29, 0.717) is 17.4 Å². The van der Waals surface area contributed by atoms with E-state index in [4.69, 9.17) is 10.6 Å². The summed E-state index contributed by atoms with van der Waals surface area (Å²) in [6.45, 7) is 3.38. The average Bonchev–Trinajstić information content (AvgIpc) is 2.76. The van der Waals surface area contributed by atoms with E-state index in [1.54, 1.807) is 0 Å². The van der Waals surface area contributed by atoms with Crippen molar-refractivity contribution < 1.29 is 4.74 Å². The Kier molecular flexibility index (Phi) is 3.41. The molecule has 104 valence electrons. The van der Waals surface area contributed by atoms with Crippen LogP contribution in [0.15, 0.2) is 0 Å². The van der Waals surface area contributed by atoms with Crippen LogP contribution in [0.4, 0.5) is 0 Å². The molecule has 1 spiro atoms. The number of hydrogen-bond acceptors (Lipinski definition) is 3. The standard InChI is InChI=1S/C15H28N2O/c1-14(6-2-3-7-14)13(17-16)12-5-10-18-15(11-12)8-4-9-15/h12-13,17H,2-11,16H2,1H3. The van der Waals surface area contributed by atoms with Gasteiger partial charge in [-0.3, -0.25) is 11.3 Å². The van der Waals surface area contributed by atoms with E-state index in [2.05, 4.69) is 12.3 Å². The lowest BCUT2D eigenvalue weighted by Gasteiger charge is -2.51. The number of hydrazine groups is 1. The Balaban J connectivity index is 1.71. The summed E-state index contributed by atoms with van der Waals surface area (Å²) in [6.07, 6.45) is 11.8. The lowest BCUT2D eigenvalue weighted by atomic mass is 9.65. The van der Waals surface area contributed by atoms with E-state index in [1.165, 1.54) is 57.8 Å². The molecule has 2 atom stereocenters. The lowest BCUT2D eigenvalue weighted by Crippen LogP contribution is -2.56. The highest BCUT2D eigenvalue weighted by atomic mass is 16.5. The third-order valence-electron chi connectivity index (χ3n) is 5.94. The third-order valence-corrected chi connectivity index (χ3v) is 5.94. The molecule has 1 heterocycles. The van der Waals surface area contributed by atoms with Crippen LogP contribution in [-0.2, 0) is 4.74 Å². The minimum atomic E-state index is 0.243. The summed E-state index contributed by atoms with van der Waals surface area (Å²) in [5, 5.41) is 0. The molecule has 0 bridgehead atoms. The second-order valence-electron chi connectivity index (χ2n) is 7.14. The minimum Gasteiger partial charge on any atom is -0.375 e. The van der Waals surface area contributed by atoms with Gasteiger partial charge in [-0.25, -0.2) is 0 Å². The lowest BCUT2D eigenvalue weighted by molar-refractivity contribution is -0.151. The molecule has 1 saturated heterocycles. The van der Waals surface area contributed by atoms with Crippen molar-refractivity contribution >= 4 is 0 Å². The first kappa shape index (κ1) is 12.9. The van der Waals surface area contributed by atoms with E-state index >= 15 is 0 Å². The quantitative estimate of drug-likeness (QED) is 0.600. The Bertz CT molecular complexity index is 295. The Hall–Kier alpha value is -0.120. The molecule has 0 amide bonds. The maximum absolute atomic E-state index is 6.05. The van der Waals surface area contributed by atoms with Crippen molar-refractivity contribution in [3.05, 3.63) is 0 Å². The zero-order chi connectivity index (χ0) is 12.6. The average molecular weight is 252 g/mol. The van der Waals surface area contributed by atoms with Crippen LogP contribution in [0.5, 0.6) is 0 Å². The number of hydrogen-bond donors (Lipinski definition) is 2. The first-order valence-corrected chi connectivity index (χ1v) is 7.78. The maximum atomic E-state index is 6.05. The number of ether oxygens (including phenoxy) is 1. The Morgan fingerprint density at radius 1 is 1.17 bits per heavy atom. The fourth-order valence-electron chi connectivity index (χ4n) is 4.67. The minimum absolute atomic E-state index is 0.243. The molecule has 3 nitrogen and oxygen atoms in total. The fraction of sp³-hybridized carbons (Fsp3) is 1.00. The molecule has 2 saturated carbocycles. The first-order valence-electron chi connectivity index (χ1n) is 7.78. The van der Waals surface area contributed by atoms with Gasteiger partial charge in [0.15, 0.2) is 0 Å². The second-order valence-corrected chi connectivity index (χ2v) is 7.14. The van der Waals surface area contributed by atoms with E-state index in [0.717, 1.165) is 6.61 Å². The molecule has 2 aliphatic carbocycles. The van der Waals surface area contributed by atoms with E-state index in [9.17, 15) is 0 Å². The molecule has 3 heteroatoms. The van der Waals surface area contributed by atoms with Crippen molar-refractivity contribution in [3.63, 3.8) is 0 Å². The van der Waals surface area contributed by atoms with Gasteiger partial charge >= 0.3 is 0 Å². The van der Waals surface area contributed by atoms with Crippen molar-refractivity contribution in [1.29, 1.82) is 0 Å². The van der Waals surface area contributed by atoms with Crippen LogP contribution in [0.1, 0.15) is 64.7 Å². The summed E-state index contributed by atoms with van der Waals surface area (Å²) in [5.41, 5.74) is 3.85. The van der Waals surface area contributed by atoms with Gasteiger partial charge in [-0.15, -0.1) is 0 Å². The maximum Gasteiger partial charge on any atom is 0.0685 e. The van der Waals surface area contributed by atoms with E-state index in [1.807, 2.05) is 0 Å². The summed E-state index contributed by atoms with van der Waals surface area (Å²) in [7, 11) is 0. The van der Waals surface area contributed by atoms with Crippen molar-refractivity contribution in [2.24, 2.45) is 17.2 Å². The zero-order valence-electron chi connectivity index (χ0n) is 11.7. The van der Waals surface area contributed by atoms with Gasteiger partial charge in [-0.1, -0.05) is 19.8 Å².